The van der Waals surface area contributed by atoms with Gasteiger partial charge in [-0.1, -0.05) is 0 Å². The zero-order valence-corrected chi connectivity index (χ0v) is 11.3. The summed E-state index contributed by atoms with van der Waals surface area (Å²) in [4.78, 5) is 35.0. The summed E-state index contributed by atoms with van der Waals surface area (Å²) in [7, 11) is 1.76. The minimum absolute atomic E-state index is 0.00456. The summed E-state index contributed by atoms with van der Waals surface area (Å²) < 4.78 is -0.00456. The average molecular weight is 252 g/mol. The van der Waals surface area contributed by atoms with Gasteiger partial charge in [0.05, 0.1) is 26.4 Å². The molecule has 1 saturated carbocycles. The summed E-state index contributed by atoms with van der Waals surface area (Å²) in [5.74, 6) is 1.03. The molecule has 0 N–H and O–H groups in total. The van der Waals surface area contributed by atoms with Gasteiger partial charge in [-0.25, -0.2) is 14.1 Å². The van der Waals surface area contributed by atoms with Crippen molar-refractivity contribution in [3.8, 4) is 0 Å². The fraction of sp³-hybridized carbons (Fsp3) is 0.786. The molecule has 0 bridgehead atoms. The van der Waals surface area contributed by atoms with Crippen LogP contribution in [0.1, 0.15) is 45.4 Å². The molecule has 4 nitrogen and oxygen atoms in total. The Morgan fingerprint density at radius 2 is 1.61 bits per heavy atom. The Bertz CT molecular complexity index is 365. The fourth-order valence-corrected chi connectivity index (χ4v) is 3.32. The Morgan fingerprint density at radius 3 is 2.06 bits per heavy atom. The lowest BCUT2D eigenvalue weighted by atomic mass is 9.80. The van der Waals surface area contributed by atoms with E-state index >= 15 is 0 Å². The average Bonchev–Trinajstić information content (AvgIpc) is 2.58. The third kappa shape index (κ3) is 2.39. The number of ketones is 1. The number of quaternary nitrogens is 1. The van der Waals surface area contributed by atoms with Gasteiger partial charge in [0.15, 0.2) is 0 Å². The molecule has 0 unspecified atom stereocenters. The van der Waals surface area contributed by atoms with E-state index in [1.54, 1.807) is 14.0 Å². The molecule has 18 heavy (non-hydrogen) atoms. The number of Topliss-reactive ketones (excluding diaryl/α,β-unsaturated/α-hetero) is 1. The second-order valence-corrected chi connectivity index (χ2v) is 5.99. The number of amides is 2. The summed E-state index contributed by atoms with van der Waals surface area (Å²) in [6, 6.07) is 0. The van der Waals surface area contributed by atoms with E-state index < -0.39 is 0 Å². The predicted molar refractivity (Wildman–Crippen MR) is 66.4 cm³/mol. The van der Waals surface area contributed by atoms with Gasteiger partial charge in [-0.05, 0) is 32.6 Å². The van der Waals surface area contributed by atoms with Crippen LogP contribution >= 0.6 is 0 Å². The molecule has 100 valence electrons. The Balaban J connectivity index is 1.94. The second-order valence-electron chi connectivity index (χ2n) is 5.99. The molecular weight excluding hydrogens is 230 g/mol. The minimum Gasteiger partial charge on any atom is -0.300 e. The smallest absolute Gasteiger partial charge is 0.300 e. The molecule has 0 aromatic heterocycles. The summed E-state index contributed by atoms with van der Waals surface area (Å²) >= 11 is 0. The lowest BCUT2D eigenvalue weighted by molar-refractivity contribution is -0.756. The van der Waals surface area contributed by atoms with Gasteiger partial charge in [0, 0.05) is 11.8 Å². The van der Waals surface area contributed by atoms with Crippen LogP contribution < -0.4 is 0 Å². The zero-order chi connectivity index (χ0) is 13.3. The molecule has 0 spiro atoms. The van der Waals surface area contributed by atoms with Gasteiger partial charge in [0.1, 0.15) is 5.78 Å². The normalized spacial score (nSPS) is 31.7. The van der Waals surface area contributed by atoms with Gasteiger partial charge in [-0.3, -0.25) is 4.79 Å². The number of nitrogens with zero attached hydrogens (tertiary/aromatic N) is 1. The van der Waals surface area contributed by atoms with Crippen molar-refractivity contribution in [3.05, 3.63) is 0 Å². The summed E-state index contributed by atoms with van der Waals surface area (Å²) in [6.45, 7) is 2.30. The van der Waals surface area contributed by atoms with Gasteiger partial charge in [-0.15, -0.1) is 0 Å². The SMILES string of the molecule is CC(=O)C1CCC(C[N+]2(C)C(=O)CCC2=O)CC1. The number of likely N-dealkylation sites (tertiary alicyclic amines) is 1. The number of hydrogen-bond acceptors (Lipinski definition) is 3. The number of hydrogen-bond donors (Lipinski definition) is 0. The predicted octanol–water partition coefficient (Wildman–Crippen LogP) is 1.68. The largest absolute Gasteiger partial charge is 0.321 e. The first kappa shape index (κ1) is 13.4. The van der Waals surface area contributed by atoms with E-state index in [9.17, 15) is 14.4 Å². The molecule has 0 atom stereocenters. The third-order valence-electron chi connectivity index (χ3n) is 4.70. The van der Waals surface area contributed by atoms with Crippen LogP contribution in [-0.2, 0) is 14.4 Å². The molecule has 0 aromatic carbocycles. The fourth-order valence-electron chi connectivity index (χ4n) is 3.32. The number of carbonyl (C=O) groups is 3. The highest BCUT2D eigenvalue weighted by Gasteiger charge is 2.47. The zero-order valence-electron chi connectivity index (χ0n) is 11.3. The van der Waals surface area contributed by atoms with Crippen LogP contribution in [0.3, 0.4) is 0 Å². The van der Waals surface area contributed by atoms with E-state index in [2.05, 4.69) is 0 Å². The van der Waals surface area contributed by atoms with Crippen LogP contribution in [0.25, 0.3) is 0 Å². The highest BCUT2D eigenvalue weighted by atomic mass is 16.2. The quantitative estimate of drug-likeness (QED) is 0.567. The van der Waals surface area contributed by atoms with Gasteiger partial charge >= 0.3 is 11.8 Å². The maximum Gasteiger partial charge on any atom is 0.321 e. The minimum atomic E-state index is -0.00456. The highest BCUT2D eigenvalue weighted by Crippen LogP contribution is 2.33. The van der Waals surface area contributed by atoms with Crippen molar-refractivity contribution in [2.24, 2.45) is 11.8 Å². The second kappa shape index (κ2) is 4.92. The van der Waals surface area contributed by atoms with Gasteiger partial charge < -0.3 is 0 Å². The van der Waals surface area contributed by atoms with Crippen LogP contribution in [-0.4, -0.2) is 35.7 Å². The molecule has 0 radical (unpaired) electrons. The molecule has 2 aliphatic rings. The van der Waals surface area contributed by atoms with Crippen LogP contribution in [0.4, 0.5) is 0 Å². The Labute approximate surface area is 108 Å². The van der Waals surface area contributed by atoms with Gasteiger partial charge in [0.2, 0.25) is 0 Å². The molecule has 1 saturated heterocycles. The van der Waals surface area contributed by atoms with Crippen LogP contribution in [0.5, 0.6) is 0 Å². The molecule has 2 rings (SSSR count). The molecule has 1 heterocycles. The van der Waals surface area contributed by atoms with Crippen molar-refractivity contribution in [1.29, 1.82) is 0 Å². The van der Waals surface area contributed by atoms with E-state index in [0.29, 0.717) is 25.3 Å². The number of imide groups is 1. The first-order valence-electron chi connectivity index (χ1n) is 6.86. The van der Waals surface area contributed by atoms with E-state index in [4.69, 9.17) is 0 Å². The van der Waals surface area contributed by atoms with Crippen LogP contribution in [0, 0.1) is 11.8 Å². The summed E-state index contributed by atoms with van der Waals surface area (Å²) in [5.41, 5.74) is 0. The standard InChI is InChI=1S/C14H22NO3/c1-10(16)12-5-3-11(4-6-12)9-15(2)13(17)7-8-14(15)18/h11-12H,3-9H2,1-2H3/q+1. The monoisotopic (exact) mass is 252 g/mol. The number of rotatable bonds is 3. The summed E-state index contributed by atoms with van der Waals surface area (Å²) in [5, 5.41) is 0. The van der Waals surface area contributed by atoms with Crippen LogP contribution in [0.2, 0.25) is 0 Å². The molecule has 4 heteroatoms. The molecular formula is C14H22NO3+. The maximum absolute atomic E-state index is 11.8. The van der Waals surface area contributed by atoms with Crippen molar-refractivity contribution in [1.82, 2.24) is 0 Å². The molecule has 1 aliphatic carbocycles. The highest BCUT2D eigenvalue weighted by molar-refractivity contribution is 5.91. The first-order valence-corrected chi connectivity index (χ1v) is 6.86. The Morgan fingerprint density at radius 1 is 1.11 bits per heavy atom. The van der Waals surface area contributed by atoms with E-state index in [0.717, 1.165) is 25.7 Å². The van der Waals surface area contributed by atoms with Crippen molar-refractivity contribution in [3.63, 3.8) is 0 Å². The maximum atomic E-state index is 11.8. The van der Waals surface area contributed by atoms with E-state index in [1.165, 1.54) is 0 Å². The first-order chi connectivity index (χ1) is 8.43. The third-order valence-corrected chi connectivity index (χ3v) is 4.70. The van der Waals surface area contributed by atoms with Crippen molar-refractivity contribution in [2.45, 2.75) is 45.4 Å². The number of carbonyl (C=O) groups excluding carboxylic acids is 3. The van der Waals surface area contributed by atoms with E-state index in [-0.39, 0.29) is 28.0 Å². The molecule has 1 aliphatic heterocycles. The van der Waals surface area contributed by atoms with Crippen molar-refractivity contribution < 1.29 is 18.9 Å². The summed E-state index contributed by atoms with van der Waals surface area (Å²) in [6.07, 6.45) is 4.58. The van der Waals surface area contributed by atoms with Gasteiger partial charge in [0.25, 0.3) is 0 Å². The Hall–Kier alpha value is -1.03. The van der Waals surface area contributed by atoms with E-state index in [1.807, 2.05) is 0 Å². The lowest BCUT2D eigenvalue weighted by Crippen LogP contribution is -2.51. The topological polar surface area (TPSA) is 51.2 Å². The van der Waals surface area contributed by atoms with Crippen molar-refractivity contribution >= 4 is 17.6 Å². The Kier molecular flexibility index (Phi) is 3.66. The van der Waals surface area contributed by atoms with Gasteiger partial charge in [-0.2, -0.15) is 0 Å². The molecule has 2 amide bonds. The van der Waals surface area contributed by atoms with Crippen LogP contribution in [0.15, 0.2) is 0 Å². The van der Waals surface area contributed by atoms with Crippen molar-refractivity contribution in [2.75, 3.05) is 13.6 Å². The lowest BCUT2D eigenvalue weighted by Gasteiger charge is -2.32. The molecule has 0 aromatic rings. The molecule has 2 fully saturated rings.